The van der Waals surface area contributed by atoms with Crippen molar-refractivity contribution in [1.82, 2.24) is 0 Å². The van der Waals surface area contributed by atoms with Crippen LogP contribution in [0.2, 0.25) is 0 Å². The summed E-state index contributed by atoms with van der Waals surface area (Å²) in [4.78, 5) is 10.9. The molecule has 0 aliphatic carbocycles. The second-order valence-electron chi connectivity index (χ2n) is 3.95. The molecule has 0 aromatic heterocycles. The monoisotopic (exact) mass is 254 g/mol. The van der Waals surface area contributed by atoms with E-state index in [0.29, 0.717) is 5.75 Å². The quantitative estimate of drug-likeness (QED) is 0.702. The van der Waals surface area contributed by atoms with Gasteiger partial charge in [0.05, 0.1) is 25.7 Å². The van der Waals surface area contributed by atoms with E-state index in [2.05, 4.69) is 4.74 Å². The summed E-state index contributed by atoms with van der Waals surface area (Å²) in [7, 11) is 1.25. The third-order valence-electron chi connectivity index (χ3n) is 2.36. The molecule has 2 atom stereocenters. The molecule has 0 bridgehead atoms. The van der Waals surface area contributed by atoms with Gasteiger partial charge in [-0.05, 0) is 12.1 Å². The summed E-state index contributed by atoms with van der Waals surface area (Å²) < 4.78 is 9.74. The summed E-state index contributed by atoms with van der Waals surface area (Å²) in [5.41, 5.74) is 0. The van der Waals surface area contributed by atoms with Gasteiger partial charge in [-0.15, -0.1) is 0 Å². The molecule has 0 heterocycles. The van der Waals surface area contributed by atoms with Crippen molar-refractivity contribution < 1.29 is 24.5 Å². The van der Waals surface area contributed by atoms with Gasteiger partial charge in [0.25, 0.3) is 0 Å². The molecule has 0 aliphatic rings. The fourth-order valence-corrected chi connectivity index (χ4v) is 1.45. The van der Waals surface area contributed by atoms with Crippen LogP contribution >= 0.6 is 0 Å². The van der Waals surface area contributed by atoms with Gasteiger partial charge in [0, 0.05) is 6.42 Å². The number of rotatable bonds is 7. The van der Waals surface area contributed by atoms with Crippen LogP contribution in [-0.2, 0) is 9.53 Å². The lowest BCUT2D eigenvalue weighted by Crippen LogP contribution is -2.25. The second kappa shape index (κ2) is 7.68. The smallest absolute Gasteiger partial charge is 0.308 e. The van der Waals surface area contributed by atoms with Crippen LogP contribution in [-0.4, -0.2) is 42.1 Å². The molecule has 0 saturated heterocycles. The van der Waals surface area contributed by atoms with E-state index in [0.717, 1.165) is 0 Å². The molecule has 0 saturated carbocycles. The van der Waals surface area contributed by atoms with Crippen molar-refractivity contribution in [2.75, 3.05) is 13.7 Å². The highest BCUT2D eigenvalue weighted by molar-refractivity contribution is 5.69. The van der Waals surface area contributed by atoms with Crippen LogP contribution < -0.4 is 4.74 Å². The molecular weight excluding hydrogens is 236 g/mol. The molecule has 5 nitrogen and oxygen atoms in total. The Bertz CT molecular complexity index is 352. The highest BCUT2D eigenvalue weighted by atomic mass is 16.5. The van der Waals surface area contributed by atoms with Gasteiger partial charge >= 0.3 is 5.97 Å². The first-order valence-electron chi connectivity index (χ1n) is 5.72. The van der Waals surface area contributed by atoms with Crippen LogP contribution in [0.4, 0.5) is 0 Å². The molecule has 0 radical (unpaired) electrons. The minimum absolute atomic E-state index is 0.0714. The number of carbonyl (C=O) groups is 1. The lowest BCUT2D eigenvalue weighted by molar-refractivity contribution is -0.143. The maximum absolute atomic E-state index is 10.9. The SMILES string of the molecule is COC(=O)C[C@@H](O)C[C@H](O)COc1ccccc1. The van der Waals surface area contributed by atoms with E-state index in [1.54, 1.807) is 12.1 Å². The molecule has 0 unspecified atom stereocenters. The lowest BCUT2D eigenvalue weighted by Gasteiger charge is -2.15. The normalized spacial score (nSPS) is 13.7. The van der Waals surface area contributed by atoms with Crippen LogP contribution in [0.15, 0.2) is 30.3 Å². The Balaban J connectivity index is 2.25. The van der Waals surface area contributed by atoms with Gasteiger partial charge in [0.1, 0.15) is 12.4 Å². The second-order valence-corrected chi connectivity index (χ2v) is 3.95. The van der Waals surface area contributed by atoms with Crippen LogP contribution in [0.3, 0.4) is 0 Å². The average Bonchev–Trinajstić information content (AvgIpc) is 2.37. The van der Waals surface area contributed by atoms with Crippen molar-refractivity contribution >= 4 is 5.97 Å². The van der Waals surface area contributed by atoms with Crippen LogP contribution in [0.25, 0.3) is 0 Å². The molecule has 2 N–H and O–H groups in total. The van der Waals surface area contributed by atoms with E-state index >= 15 is 0 Å². The summed E-state index contributed by atoms with van der Waals surface area (Å²) in [5.74, 6) is 0.151. The van der Waals surface area contributed by atoms with E-state index < -0.39 is 18.2 Å². The fourth-order valence-electron chi connectivity index (χ4n) is 1.45. The molecule has 0 spiro atoms. The maximum Gasteiger partial charge on any atom is 0.308 e. The highest BCUT2D eigenvalue weighted by Crippen LogP contribution is 2.10. The Morgan fingerprint density at radius 3 is 2.50 bits per heavy atom. The average molecular weight is 254 g/mol. The van der Waals surface area contributed by atoms with Gasteiger partial charge in [-0.1, -0.05) is 18.2 Å². The third kappa shape index (κ3) is 5.65. The van der Waals surface area contributed by atoms with Gasteiger partial charge < -0.3 is 19.7 Å². The van der Waals surface area contributed by atoms with Crippen molar-refractivity contribution in [1.29, 1.82) is 0 Å². The van der Waals surface area contributed by atoms with Gasteiger partial charge in [-0.3, -0.25) is 4.79 Å². The maximum atomic E-state index is 10.9. The standard InChI is InChI=1S/C13H18O5/c1-17-13(16)8-10(14)7-11(15)9-18-12-5-3-2-4-6-12/h2-6,10-11,14-15H,7-9H2,1H3/t10-,11-/m0/s1. The van der Waals surface area contributed by atoms with E-state index in [4.69, 9.17) is 4.74 Å². The van der Waals surface area contributed by atoms with E-state index in [-0.39, 0.29) is 19.4 Å². The third-order valence-corrected chi connectivity index (χ3v) is 2.36. The van der Waals surface area contributed by atoms with Crippen LogP contribution in [0.1, 0.15) is 12.8 Å². The number of carbonyl (C=O) groups excluding carboxylic acids is 1. The first-order chi connectivity index (χ1) is 8.61. The van der Waals surface area contributed by atoms with Crippen molar-refractivity contribution in [3.8, 4) is 5.75 Å². The molecule has 100 valence electrons. The minimum Gasteiger partial charge on any atom is -0.491 e. The molecule has 1 rings (SSSR count). The Morgan fingerprint density at radius 1 is 1.22 bits per heavy atom. The number of para-hydroxylation sites is 1. The molecule has 0 fully saturated rings. The zero-order valence-electron chi connectivity index (χ0n) is 10.3. The van der Waals surface area contributed by atoms with Crippen LogP contribution in [0.5, 0.6) is 5.75 Å². The van der Waals surface area contributed by atoms with E-state index in [9.17, 15) is 15.0 Å². The first-order valence-corrected chi connectivity index (χ1v) is 5.72. The number of methoxy groups -OCH3 is 1. The number of benzene rings is 1. The Labute approximate surface area is 106 Å². The summed E-state index contributed by atoms with van der Waals surface area (Å²) in [6.45, 7) is 0.0717. The van der Waals surface area contributed by atoms with Crippen molar-refractivity contribution in [3.63, 3.8) is 0 Å². The number of aliphatic hydroxyl groups excluding tert-OH is 2. The molecule has 1 aromatic carbocycles. The van der Waals surface area contributed by atoms with Crippen LogP contribution in [0, 0.1) is 0 Å². The zero-order chi connectivity index (χ0) is 13.4. The Kier molecular flexibility index (Phi) is 6.18. The predicted molar refractivity (Wildman–Crippen MR) is 65.2 cm³/mol. The molecule has 0 amide bonds. The highest BCUT2D eigenvalue weighted by Gasteiger charge is 2.16. The van der Waals surface area contributed by atoms with Crippen molar-refractivity contribution in [3.05, 3.63) is 30.3 Å². The number of esters is 1. The number of aliphatic hydroxyl groups is 2. The van der Waals surface area contributed by atoms with Gasteiger partial charge in [0.2, 0.25) is 0 Å². The van der Waals surface area contributed by atoms with Gasteiger partial charge in [0.15, 0.2) is 0 Å². The summed E-state index contributed by atoms with van der Waals surface area (Å²) in [6.07, 6.45) is -1.81. The molecule has 1 aromatic rings. The number of ether oxygens (including phenoxy) is 2. The molecule has 18 heavy (non-hydrogen) atoms. The molecular formula is C13H18O5. The molecule has 5 heteroatoms. The summed E-state index contributed by atoms with van der Waals surface area (Å²) in [5, 5.41) is 19.1. The number of hydrogen-bond donors (Lipinski definition) is 2. The largest absolute Gasteiger partial charge is 0.491 e. The van der Waals surface area contributed by atoms with Gasteiger partial charge in [-0.2, -0.15) is 0 Å². The zero-order valence-corrected chi connectivity index (χ0v) is 10.3. The van der Waals surface area contributed by atoms with E-state index in [1.165, 1.54) is 7.11 Å². The number of hydrogen-bond acceptors (Lipinski definition) is 5. The van der Waals surface area contributed by atoms with Crippen molar-refractivity contribution in [2.45, 2.75) is 25.0 Å². The topological polar surface area (TPSA) is 76.0 Å². The molecule has 0 aliphatic heterocycles. The van der Waals surface area contributed by atoms with E-state index in [1.807, 2.05) is 18.2 Å². The predicted octanol–water partition coefficient (Wildman–Crippen LogP) is 0.740. The summed E-state index contributed by atoms with van der Waals surface area (Å²) in [6, 6.07) is 9.07. The summed E-state index contributed by atoms with van der Waals surface area (Å²) >= 11 is 0. The fraction of sp³-hybridized carbons (Fsp3) is 0.462. The first kappa shape index (κ1) is 14.5. The van der Waals surface area contributed by atoms with Gasteiger partial charge in [-0.25, -0.2) is 0 Å². The minimum atomic E-state index is -0.924. The Hall–Kier alpha value is -1.59. The van der Waals surface area contributed by atoms with Crippen molar-refractivity contribution in [2.24, 2.45) is 0 Å². The Morgan fingerprint density at radius 2 is 1.89 bits per heavy atom. The lowest BCUT2D eigenvalue weighted by atomic mass is 10.1.